The third-order valence-electron chi connectivity index (χ3n) is 5.81. The number of halogens is 4. The number of rotatable bonds is 8. The summed E-state index contributed by atoms with van der Waals surface area (Å²) in [6.45, 7) is 4.09. The zero-order valence-corrected chi connectivity index (χ0v) is 20.5. The average Bonchev–Trinajstić information content (AvgIpc) is 2.83. The van der Waals surface area contributed by atoms with Crippen LogP contribution >= 0.6 is 12.4 Å². The molecule has 1 N–H and O–H groups in total. The first-order valence-corrected chi connectivity index (χ1v) is 11.3. The van der Waals surface area contributed by atoms with Crippen molar-refractivity contribution in [2.24, 2.45) is 0 Å². The molecule has 0 fully saturated rings. The molecule has 0 aliphatic carbocycles. The Kier molecular flexibility index (Phi) is 8.92. The Morgan fingerprint density at radius 3 is 2.64 bits per heavy atom. The molecule has 2 aliphatic rings. The van der Waals surface area contributed by atoms with Gasteiger partial charge in [0.15, 0.2) is 0 Å². The van der Waals surface area contributed by atoms with Gasteiger partial charge in [-0.15, -0.1) is 12.4 Å². The second-order valence-corrected chi connectivity index (χ2v) is 8.36. The van der Waals surface area contributed by atoms with Crippen molar-refractivity contribution >= 4 is 24.5 Å². The largest absolute Gasteiger partial charge is 0.493 e. The van der Waals surface area contributed by atoms with Gasteiger partial charge in [-0.3, -0.25) is 4.90 Å². The molecule has 0 saturated carbocycles. The molecular weight excluding hydrogens is 499 g/mol. The number of hydrogen-bond acceptors (Lipinski definition) is 5. The highest BCUT2D eigenvalue weighted by atomic mass is 35.5. The van der Waals surface area contributed by atoms with Crippen LogP contribution in [0.1, 0.15) is 30.0 Å². The smallest absolute Gasteiger partial charge is 0.419 e. The fourth-order valence-electron chi connectivity index (χ4n) is 4.04. The first-order chi connectivity index (χ1) is 16.7. The van der Waals surface area contributed by atoms with E-state index in [9.17, 15) is 18.0 Å². The van der Waals surface area contributed by atoms with Crippen LogP contribution in [0.25, 0.3) is 6.08 Å². The van der Waals surface area contributed by atoms with Crippen LogP contribution in [0.4, 0.5) is 13.2 Å². The Bertz CT molecular complexity index is 1160. The summed E-state index contributed by atoms with van der Waals surface area (Å²) in [6, 6.07) is 9.24. The van der Waals surface area contributed by atoms with Crippen molar-refractivity contribution in [1.82, 2.24) is 4.90 Å². The molecule has 0 atom stereocenters. The third kappa shape index (κ3) is 6.73. The highest BCUT2D eigenvalue weighted by Gasteiger charge is 2.34. The maximum atomic E-state index is 13.4. The van der Waals surface area contributed by atoms with Crippen molar-refractivity contribution in [2.75, 3.05) is 32.8 Å². The Morgan fingerprint density at radius 1 is 1.17 bits per heavy atom. The maximum Gasteiger partial charge on any atom is 0.419 e. The lowest BCUT2D eigenvalue weighted by atomic mass is 10.0. The first-order valence-electron chi connectivity index (χ1n) is 11.3. The van der Waals surface area contributed by atoms with Gasteiger partial charge in [0, 0.05) is 36.8 Å². The molecule has 10 heteroatoms. The molecule has 0 amide bonds. The van der Waals surface area contributed by atoms with E-state index in [1.807, 2.05) is 12.1 Å². The molecule has 2 aromatic rings. The minimum atomic E-state index is -4.52. The van der Waals surface area contributed by atoms with Crippen molar-refractivity contribution in [3.63, 3.8) is 0 Å². The number of alkyl halides is 3. The van der Waals surface area contributed by atoms with Gasteiger partial charge in [0.25, 0.3) is 0 Å². The van der Waals surface area contributed by atoms with Gasteiger partial charge in [-0.1, -0.05) is 12.1 Å². The molecule has 2 aromatic carbocycles. The lowest BCUT2D eigenvalue weighted by Gasteiger charge is -2.27. The predicted octanol–water partition coefficient (Wildman–Crippen LogP) is 5.60. The Hall–Kier alpha value is -3.17. The van der Waals surface area contributed by atoms with Crippen LogP contribution < -0.4 is 14.2 Å². The quantitative estimate of drug-likeness (QED) is 0.484. The Balaban J connectivity index is 0.00000361. The van der Waals surface area contributed by atoms with Gasteiger partial charge >= 0.3 is 12.1 Å². The molecular formula is C26H27ClF3NO5. The molecule has 6 nitrogen and oxygen atoms in total. The molecule has 36 heavy (non-hydrogen) atoms. The SMILES string of the molecule is CCOc1ccc(COc2ccc3c(c2)OCC(CN2CC=C(C(=O)O)CC2)=C3)cc1C(F)(F)F.Cl. The summed E-state index contributed by atoms with van der Waals surface area (Å²) >= 11 is 0. The number of carboxylic acids is 1. The van der Waals surface area contributed by atoms with Crippen LogP contribution in [0.15, 0.2) is 53.6 Å². The van der Waals surface area contributed by atoms with Crippen molar-refractivity contribution in [3.8, 4) is 17.2 Å². The summed E-state index contributed by atoms with van der Waals surface area (Å²) in [6.07, 6.45) is -0.219. The highest BCUT2D eigenvalue weighted by Crippen LogP contribution is 2.37. The molecule has 2 aliphatic heterocycles. The highest BCUT2D eigenvalue weighted by molar-refractivity contribution is 5.86. The summed E-state index contributed by atoms with van der Waals surface area (Å²) in [5.41, 5.74) is 1.97. The van der Waals surface area contributed by atoms with Crippen LogP contribution in [-0.4, -0.2) is 48.8 Å². The van der Waals surface area contributed by atoms with Gasteiger partial charge in [-0.25, -0.2) is 4.79 Å². The second-order valence-electron chi connectivity index (χ2n) is 8.36. The molecule has 194 valence electrons. The van der Waals surface area contributed by atoms with E-state index in [1.165, 1.54) is 6.07 Å². The fraction of sp³-hybridized carbons (Fsp3) is 0.346. The first kappa shape index (κ1) is 27.4. The molecule has 4 rings (SSSR count). The summed E-state index contributed by atoms with van der Waals surface area (Å²) in [4.78, 5) is 13.2. The molecule has 0 aromatic heterocycles. The van der Waals surface area contributed by atoms with Crippen LogP contribution in [0.3, 0.4) is 0 Å². The number of ether oxygens (including phenoxy) is 3. The van der Waals surface area contributed by atoms with Crippen molar-refractivity contribution in [2.45, 2.75) is 26.1 Å². The van der Waals surface area contributed by atoms with E-state index in [0.29, 0.717) is 55.3 Å². The van der Waals surface area contributed by atoms with Crippen molar-refractivity contribution in [3.05, 3.63) is 70.3 Å². The maximum absolute atomic E-state index is 13.4. The number of carboxylic acid groups (broad SMARTS) is 1. The predicted molar refractivity (Wildman–Crippen MR) is 131 cm³/mol. The lowest BCUT2D eigenvalue weighted by molar-refractivity contribution is -0.139. The molecule has 2 heterocycles. The van der Waals surface area contributed by atoms with Gasteiger partial charge < -0.3 is 19.3 Å². The second kappa shape index (κ2) is 11.7. The van der Waals surface area contributed by atoms with Crippen molar-refractivity contribution in [1.29, 1.82) is 0 Å². The normalized spacial score (nSPS) is 15.6. The van der Waals surface area contributed by atoms with Crippen LogP contribution in [0, 0.1) is 0 Å². The fourth-order valence-corrected chi connectivity index (χ4v) is 4.04. The molecule has 0 unspecified atom stereocenters. The third-order valence-corrected chi connectivity index (χ3v) is 5.81. The van der Waals surface area contributed by atoms with E-state index < -0.39 is 17.7 Å². The lowest BCUT2D eigenvalue weighted by Crippen LogP contribution is -2.33. The molecule has 0 spiro atoms. The van der Waals surface area contributed by atoms with E-state index in [0.717, 1.165) is 17.2 Å². The number of nitrogens with zero attached hydrogens (tertiary/aromatic N) is 1. The topological polar surface area (TPSA) is 68.2 Å². The zero-order valence-electron chi connectivity index (χ0n) is 19.6. The average molecular weight is 526 g/mol. The number of fused-ring (bicyclic) bond motifs is 1. The summed E-state index contributed by atoms with van der Waals surface area (Å²) in [5.74, 6) is 0.0718. The van der Waals surface area contributed by atoms with Gasteiger partial charge in [0.1, 0.15) is 30.5 Å². The minimum Gasteiger partial charge on any atom is -0.493 e. The molecule has 0 saturated heterocycles. The van der Waals surface area contributed by atoms with Crippen LogP contribution in [0.2, 0.25) is 0 Å². The van der Waals surface area contributed by atoms with E-state index in [-0.39, 0.29) is 31.4 Å². The summed E-state index contributed by atoms with van der Waals surface area (Å²) in [5, 5.41) is 9.08. The number of aliphatic carboxylic acids is 1. The van der Waals surface area contributed by atoms with E-state index in [4.69, 9.17) is 19.3 Å². The van der Waals surface area contributed by atoms with E-state index in [2.05, 4.69) is 4.90 Å². The standard InChI is InChI=1S/C26H26F3NO5.ClH/c1-2-33-23-6-3-17(12-22(23)26(27,28)29)15-34-21-5-4-20-11-18(16-35-24(20)13-21)14-30-9-7-19(8-10-30)25(31)32;/h3-7,11-13H,2,8-10,14-16H2,1H3,(H,31,32);1H. The van der Waals surface area contributed by atoms with Gasteiger partial charge in [0.05, 0.1) is 12.2 Å². The van der Waals surface area contributed by atoms with Crippen LogP contribution in [-0.2, 0) is 17.6 Å². The molecule has 0 bridgehead atoms. The van der Waals surface area contributed by atoms with Gasteiger partial charge in [-0.2, -0.15) is 13.2 Å². The number of carbonyl (C=O) groups is 1. The Labute approximate surface area is 213 Å². The number of hydrogen-bond donors (Lipinski definition) is 1. The van der Waals surface area contributed by atoms with Gasteiger partial charge in [0.2, 0.25) is 0 Å². The summed E-state index contributed by atoms with van der Waals surface area (Å²) < 4.78 is 56.8. The van der Waals surface area contributed by atoms with E-state index >= 15 is 0 Å². The van der Waals surface area contributed by atoms with Crippen LogP contribution in [0.5, 0.6) is 17.2 Å². The van der Waals surface area contributed by atoms with Crippen molar-refractivity contribution < 1.29 is 37.3 Å². The zero-order chi connectivity index (χ0) is 25.0. The Morgan fingerprint density at radius 2 is 1.97 bits per heavy atom. The van der Waals surface area contributed by atoms with Gasteiger partial charge in [-0.05, 0) is 54.8 Å². The van der Waals surface area contributed by atoms with E-state index in [1.54, 1.807) is 31.2 Å². The molecule has 0 radical (unpaired) electrons. The summed E-state index contributed by atoms with van der Waals surface area (Å²) in [7, 11) is 0. The monoisotopic (exact) mass is 525 g/mol. The number of benzene rings is 2. The minimum absolute atomic E-state index is 0.